The van der Waals surface area contributed by atoms with Crippen LogP contribution in [0.5, 0.6) is 0 Å². The van der Waals surface area contributed by atoms with Gasteiger partial charge in [-0.3, -0.25) is 4.79 Å². The molecule has 3 heterocycles. The van der Waals surface area contributed by atoms with Crippen LogP contribution < -0.4 is 0 Å². The van der Waals surface area contributed by atoms with Crippen LogP contribution in [0.3, 0.4) is 0 Å². The molecule has 0 aromatic rings. The van der Waals surface area contributed by atoms with Crippen molar-refractivity contribution in [2.24, 2.45) is 34.5 Å². The second-order valence-electron chi connectivity index (χ2n) is 14.1. The first-order chi connectivity index (χ1) is 18.9. The molecule has 10 heteroatoms. The largest absolute Gasteiger partial charge is 0.458 e. The van der Waals surface area contributed by atoms with E-state index in [1.165, 1.54) is 13.2 Å². The van der Waals surface area contributed by atoms with E-state index in [4.69, 9.17) is 23.7 Å². The van der Waals surface area contributed by atoms with E-state index >= 15 is 0 Å². The zero-order valence-corrected chi connectivity index (χ0v) is 23.7. The fourth-order valence-corrected chi connectivity index (χ4v) is 10.4. The van der Waals surface area contributed by atoms with Crippen molar-refractivity contribution in [3.05, 3.63) is 11.6 Å². The Morgan fingerprint density at radius 1 is 1.05 bits per heavy atom. The van der Waals surface area contributed by atoms with Crippen molar-refractivity contribution >= 4 is 11.8 Å². The van der Waals surface area contributed by atoms with Crippen LogP contribution in [-0.2, 0) is 33.3 Å². The Hall–Kier alpha value is -1.40. The second kappa shape index (κ2) is 8.81. The molecule has 2 saturated heterocycles. The molecule has 7 aliphatic rings. The van der Waals surface area contributed by atoms with Crippen LogP contribution >= 0.6 is 0 Å². The average molecular weight is 563 g/mol. The highest BCUT2D eigenvalue weighted by atomic mass is 16.8. The lowest BCUT2D eigenvalue weighted by Gasteiger charge is -2.65. The van der Waals surface area contributed by atoms with E-state index in [9.17, 15) is 24.9 Å². The van der Waals surface area contributed by atoms with Gasteiger partial charge in [0, 0.05) is 30.9 Å². The molecule has 4 aliphatic carbocycles. The zero-order chi connectivity index (χ0) is 28.4. The van der Waals surface area contributed by atoms with Crippen LogP contribution in [0.1, 0.15) is 65.7 Å². The molecule has 0 radical (unpaired) electrons. The van der Waals surface area contributed by atoms with E-state index < -0.39 is 58.7 Å². The van der Waals surface area contributed by atoms with Gasteiger partial charge in [0.1, 0.15) is 18.8 Å². The lowest BCUT2D eigenvalue weighted by molar-refractivity contribution is -0.459. The van der Waals surface area contributed by atoms with Crippen LogP contribution in [0.4, 0.5) is 0 Å². The highest BCUT2D eigenvalue weighted by molar-refractivity contribution is 5.90. The van der Waals surface area contributed by atoms with Crippen LogP contribution in [0.25, 0.3) is 0 Å². The summed E-state index contributed by atoms with van der Waals surface area (Å²) in [6, 6.07) is 0. The van der Waals surface area contributed by atoms with Gasteiger partial charge in [0.05, 0.1) is 23.9 Å². The molecule has 7 rings (SSSR count). The molecule has 0 bridgehead atoms. The zero-order valence-electron chi connectivity index (χ0n) is 23.7. The Morgan fingerprint density at radius 2 is 1.82 bits per heavy atom. The molecule has 0 amide bonds. The Bertz CT molecular complexity index is 1140. The van der Waals surface area contributed by atoms with Gasteiger partial charge in [-0.2, -0.15) is 0 Å². The molecule has 0 unspecified atom stereocenters. The number of esters is 1. The summed E-state index contributed by atoms with van der Waals surface area (Å²) in [7, 11) is 1.54. The van der Waals surface area contributed by atoms with Gasteiger partial charge >= 0.3 is 5.97 Å². The molecule has 6 fully saturated rings. The molecule has 4 saturated carbocycles. The molecular weight excluding hydrogens is 520 g/mol. The van der Waals surface area contributed by atoms with Crippen molar-refractivity contribution in [2.45, 2.75) is 114 Å². The number of rotatable bonds is 2. The van der Waals surface area contributed by atoms with E-state index in [1.807, 2.05) is 13.8 Å². The number of Topliss-reactive ketones (excluding diaryl/α,β-unsaturated/α-hetero) is 1. The smallest absolute Gasteiger partial charge is 0.331 e. The number of aliphatic hydroxyl groups excluding tert-OH is 1. The minimum Gasteiger partial charge on any atom is -0.458 e. The van der Waals surface area contributed by atoms with Gasteiger partial charge in [-0.05, 0) is 74.2 Å². The number of hydrogen-bond donors (Lipinski definition) is 3. The highest BCUT2D eigenvalue weighted by Crippen LogP contribution is 2.69. The maximum atomic E-state index is 14.3. The molecule has 3 aliphatic heterocycles. The summed E-state index contributed by atoms with van der Waals surface area (Å²) in [5.41, 5.74) is -2.20. The average Bonchev–Trinajstić information content (AvgIpc) is 3.45. The number of hydrogen-bond acceptors (Lipinski definition) is 10. The minimum absolute atomic E-state index is 0.119. The van der Waals surface area contributed by atoms with E-state index in [1.54, 1.807) is 0 Å². The van der Waals surface area contributed by atoms with E-state index in [0.29, 0.717) is 38.5 Å². The first-order valence-corrected chi connectivity index (χ1v) is 14.9. The lowest BCUT2D eigenvalue weighted by atomic mass is 9.42. The van der Waals surface area contributed by atoms with Crippen molar-refractivity contribution in [3.63, 3.8) is 0 Å². The molecule has 0 aromatic heterocycles. The SMILES string of the molecule is CO[C@@H]1C[C@@H](C)O[C@H]2O[C@@H]3C[C@H]4CC[C@@H]5[C@H](C(=O)[C@H](O)[C@]6(C)[C@@H](C7=CC(=O)OC7)CC[C@]56O)[C@@]4(C)C[C@H]3O[C@]21O. The fraction of sp³-hybridized carbons (Fsp3) is 0.867. The van der Waals surface area contributed by atoms with E-state index in [2.05, 4.69) is 6.92 Å². The summed E-state index contributed by atoms with van der Waals surface area (Å²) >= 11 is 0. The monoisotopic (exact) mass is 562 g/mol. The second-order valence-corrected chi connectivity index (χ2v) is 14.1. The number of aliphatic hydroxyl groups is 3. The van der Waals surface area contributed by atoms with Crippen LogP contribution in [0.15, 0.2) is 11.6 Å². The first-order valence-electron chi connectivity index (χ1n) is 14.9. The summed E-state index contributed by atoms with van der Waals surface area (Å²) in [5, 5.41) is 35.8. The normalized spacial score (nSPS) is 57.2. The fourth-order valence-electron chi connectivity index (χ4n) is 10.4. The van der Waals surface area contributed by atoms with Crippen LogP contribution in [-0.4, -0.2) is 89.0 Å². The topological polar surface area (TPSA) is 141 Å². The maximum Gasteiger partial charge on any atom is 0.331 e. The van der Waals surface area contributed by atoms with Crippen LogP contribution in [0, 0.1) is 34.5 Å². The quantitative estimate of drug-likeness (QED) is 0.336. The number of methoxy groups -OCH3 is 1. The Labute approximate surface area is 234 Å². The number of fused-ring (bicyclic) bond motifs is 7. The molecule has 222 valence electrons. The van der Waals surface area contributed by atoms with E-state index in [0.717, 1.165) is 12.0 Å². The molecule has 40 heavy (non-hydrogen) atoms. The van der Waals surface area contributed by atoms with Crippen molar-refractivity contribution < 1.29 is 48.6 Å². The molecule has 14 atom stereocenters. The Kier molecular flexibility index (Phi) is 6.04. The van der Waals surface area contributed by atoms with Gasteiger partial charge in [-0.25, -0.2) is 4.79 Å². The maximum absolute atomic E-state index is 14.3. The Balaban J connectivity index is 1.21. The van der Waals surface area contributed by atoms with Crippen molar-refractivity contribution in [2.75, 3.05) is 13.7 Å². The predicted molar refractivity (Wildman–Crippen MR) is 137 cm³/mol. The van der Waals surface area contributed by atoms with E-state index in [-0.39, 0.29) is 42.4 Å². The highest BCUT2D eigenvalue weighted by Gasteiger charge is 2.74. The third-order valence-electron chi connectivity index (χ3n) is 12.4. The third kappa shape index (κ3) is 3.35. The number of cyclic esters (lactones) is 1. The van der Waals surface area contributed by atoms with Gasteiger partial charge in [0.25, 0.3) is 0 Å². The minimum atomic E-state index is -1.76. The van der Waals surface area contributed by atoms with Gasteiger partial charge < -0.3 is 39.0 Å². The van der Waals surface area contributed by atoms with Gasteiger partial charge in [0.2, 0.25) is 12.1 Å². The molecular formula is C30H42O10. The van der Waals surface area contributed by atoms with Crippen molar-refractivity contribution in [3.8, 4) is 0 Å². The predicted octanol–water partition coefficient (Wildman–Crippen LogP) is 1.63. The molecule has 3 N–H and O–H groups in total. The number of ether oxygens (including phenoxy) is 5. The van der Waals surface area contributed by atoms with Crippen LogP contribution in [0.2, 0.25) is 0 Å². The summed E-state index contributed by atoms with van der Waals surface area (Å²) in [6.45, 7) is 5.97. The summed E-state index contributed by atoms with van der Waals surface area (Å²) in [4.78, 5) is 26.1. The van der Waals surface area contributed by atoms with Gasteiger partial charge in [-0.15, -0.1) is 0 Å². The number of carbonyl (C=O) groups excluding carboxylic acids is 2. The van der Waals surface area contributed by atoms with Gasteiger partial charge in [0.15, 0.2) is 5.78 Å². The standard InChI is InChI=1S/C30H42O10/c1-14-9-21(36-4)30(35)26(38-14)39-19-11-16-5-6-18-23(27(16,2)12-20(19)40-30)24(32)25(33)28(3)17(7-8-29(18,28)34)15-10-22(31)37-13-15/h10,14,16-21,23,25-26,33-35H,5-9,11-13H2,1-4H3/t14-,16-,17-,18-,19-,20-,21-,23-,25+,26+,27+,28+,29+,30+/m1/s1. The van der Waals surface area contributed by atoms with Gasteiger partial charge in [-0.1, -0.05) is 13.8 Å². The molecule has 0 aromatic carbocycles. The summed E-state index contributed by atoms with van der Waals surface area (Å²) < 4.78 is 29.5. The third-order valence-corrected chi connectivity index (χ3v) is 12.4. The summed E-state index contributed by atoms with van der Waals surface area (Å²) in [6.07, 6.45) is 1.61. The first kappa shape index (κ1) is 27.4. The number of ketones is 1. The van der Waals surface area contributed by atoms with Crippen molar-refractivity contribution in [1.82, 2.24) is 0 Å². The molecule has 10 nitrogen and oxygen atoms in total. The molecule has 0 spiro atoms. The summed E-state index contributed by atoms with van der Waals surface area (Å²) in [5.74, 6) is -3.51. The lowest BCUT2D eigenvalue weighted by Crippen LogP contribution is -2.73. The van der Waals surface area contributed by atoms with Crippen molar-refractivity contribution in [1.29, 1.82) is 0 Å². The number of carbonyl (C=O) groups is 2. The Morgan fingerprint density at radius 3 is 2.52 bits per heavy atom.